The van der Waals surface area contributed by atoms with Crippen molar-refractivity contribution in [3.63, 3.8) is 0 Å². The number of aromatic nitrogens is 3. The molecule has 0 amide bonds. The third kappa shape index (κ3) is 5.82. The van der Waals surface area contributed by atoms with E-state index in [4.69, 9.17) is 21.5 Å². The maximum Gasteiger partial charge on any atom is 0.187 e. The van der Waals surface area contributed by atoms with E-state index in [1.54, 1.807) is 0 Å². The Labute approximate surface area is 332 Å². The number of benzene rings is 8. The van der Waals surface area contributed by atoms with Gasteiger partial charge in [-0.05, 0) is 73.8 Å². The summed E-state index contributed by atoms with van der Waals surface area (Å²) in [6.45, 7) is 7.94. The number of fused-ring (bicyclic) bond motifs is 3. The summed E-state index contributed by atoms with van der Waals surface area (Å²) < 4.78 is 0. The Morgan fingerprint density at radius 1 is 0.333 bits per heavy atom. The first-order valence-electron chi connectivity index (χ1n) is 19.1. The van der Waals surface area contributed by atoms with Crippen LogP contribution in [0.2, 0.25) is 0 Å². The van der Waals surface area contributed by atoms with Crippen LogP contribution in [0.4, 0.5) is 5.69 Å². The van der Waals surface area contributed by atoms with Crippen molar-refractivity contribution in [3.8, 4) is 67.5 Å². The SMILES string of the molecule is [C-]#[N+]c1ccc2c(c1)-c1cc(-c3ccccc3-c3nc(-c4ccccc4)nc(-c4cccc(-c5ccccc5)c4)n3)ccc1C2(c1ccccc1)c1ccccc1. The quantitative estimate of drug-likeness (QED) is 0.154. The monoisotopic (exact) mass is 726 g/mol. The van der Waals surface area contributed by atoms with E-state index in [2.05, 4.69) is 163 Å². The summed E-state index contributed by atoms with van der Waals surface area (Å²) in [5.74, 6) is 1.82. The van der Waals surface area contributed by atoms with Crippen LogP contribution in [-0.2, 0) is 5.41 Å². The van der Waals surface area contributed by atoms with Crippen LogP contribution in [-0.4, -0.2) is 15.0 Å². The van der Waals surface area contributed by atoms with E-state index in [0.29, 0.717) is 23.2 Å². The minimum atomic E-state index is -0.562. The lowest BCUT2D eigenvalue weighted by Crippen LogP contribution is -2.28. The van der Waals surface area contributed by atoms with Crippen LogP contribution in [0.15, 0.2) is 206 Å². The Bertz CT molecular complexity index is 2910. The summed E-state index contributed by atoms with van der Waals surface area (Å²) >= 11 is 0. The average Bonchev–Trinajstić information content (AvgIpc) is 3.59. The molecule has 1 aliphatic carbocycles. The molecule has 9 aromatic rings. The van der Waals surface area contributed by atoms with Crippen LogP contribution in [0, 0.1) is 6.57 Å². The molecule has 8 aromatic carbocycles. The summed E-state index contributed by atoms with van der Waals surface area (Å²) in [5, 5.41) is 0. The summed E-state index contributed by atoms with van der Waals surface area (Å²) in [7, 11) is 0. The van der Waals surface area contributed by atoms with Crippen molar-refractivity contribution in [1.82, 2.24) is 15.0 Å². The van der Waals surface area contributed by atoms with E-state index in [0.717, 1.165) is 50.1 Å². The fourth-order valence-corrected chi connectivity index (χ4v) is 8.46. The molecule has 0 aliphatic heterocycles. The fraction of sp³-hybridized carbons (Fsp3) is 0.0189. The summed E-state index contributed by atoms with van der Waals surface area (Å²) in [6.07, 6.45) is 0. The maximum absolute atomic E-state index is 7.94. The minimum absolute atomic E-state index is 0.562. The van der Waals surface area contributed by atoms with Gasteiger partial charge in [-0.25, -0.2) is 19.8 Å². The molecule has 0 saturated heterocycles. The second-order valence-corrected chi connectivity index (χ2v) is 14.2. The van der Waals surface area contributed by atoms with Gasteiger partial charge in [0.05, 0.1) is 12.0 Å². The van der Waals surface area contributed by atoms with Gasteiger partial charge in [-0.3, -0.25) is 0 Å². The van der Waals surface area contributed by atoms with Gasteiger partial charge in [-0.1, -0.05) is 188 Å². The third-order valence-corrected chi connectivity index (χ3v) is 11.0. The Hall–Kier alpha value is -7.74. The molecule has 1 heterocycles. The standard InChI is InChI=1S/C53H34N4/c1-54-43-30-32-49-47(35-43)46-34-39(29-31-48(46)53(49,41-23-10-4-11-24-41)42-25-12-5-13-26-42)44-27-14-15-28-45(44)52-56-50(37-19-8-3-9-20-37)55-51(57-52)40-22-16-21-38(33-40)36-17-6-2-7-18-36/h2-35H. The van der Waals surface area contributed by atoms with Crippen LogP contribution < -0.4 is 0 Å². The lowest BCUT2D eigenvalue weighted by molar-refractivity contribution is 0.768. The van der Waals surface area contributed by atoms with Gasteiger partial charge >= 0.3 is 0 Å². The van der Waals surface area contributed by atoms with Gasteiger partial charge in [0.2, 0.25) is 0 Å². The Balaban J connectivity index is 1.17. The van der Waals surface area contributed by atoms with E-state index >= 15 is 0 Å². The second-order valence-electron chi connectivity index (χ2n) is 14.2. The van der Waals surface area contributed by atoms with Crippen molar-refractivity contribution in [2.24, 2.45) is 0 Å². The predicted molar refractivity (Wildman–Crippen MR) is 231 cm³/mol. The zero-order valence-electron chi connectivity index (χ0n) is 30.9. The smallest absolute Gasteiger partial charge is 0.187 e. The predicted octanol–water partition coefficient (Wildman–Crippen LogP) is 13.1. The first-order valence-corrected chi connectivity index (χ1v) is 19.1. The molecule has 57 heavy (non-hydrogen) atoms. The van der Waals surface area contributed by atoms with Crippen molar-refractivity contribution in [2.45, 2.75) is 5.41 Å². The van der Waals surface area contributed by atoms with Crippen molar-refractivity contribution >= 4 is 5.69 Å². The van der Waals surface area contributed by atoms with Crippen molar-refractivity contribution in [3.05, 3.63) is 240 Å². The Morgan fingerprint density at radius 3 is 1.47 bits per heavy atom. The first-order chi connectivity index (χ1) is 28.2. The molecule has 4 nitrogen and oxygen atoms in total. The lowest BCUT2D eigenvalue weighted by Gasteiger charge is -2.34. The van der Waals surface area contributed by atoms with Gasteiger partial charge in [-0.15, -0.1) is 0 Å². The van der Waals surface area contributed by atoms with Crippen LogP contribution in [0.25, 0.3) is 72.4 Å². The summed E-state index contributed by atoms with van der Waals surface area (Å²) in [6, 6.07) is 71.6. The van der Waals surface area contributed by atoms with E-state index in [9.17, 15) is 0 Å². The van der Waals surface area contributed by atoms with Crippen molar-refractivity contribution in [2.75, 3.05) is 0 Å². The zero-order valence-corrected chi connectivity index (χ0v) is 30.9. The van der Waals surface area contributed by atoms with E-state index < -0.39 is 5.41 Å². The van der Waals surface area contributed by atoms with Crippen LogP contribution >= 0.6 is 0 Å². The largest absolute Gasteiger partial charge is 0.238 e. The number of nitrogens with zero attached hydrogens (tertiary/aromatic N) is 4. The summed E-state index contributed by atoms with van der Waals surface area (Å²) in [5.41, 5.74) is 14.0. The molecule has 0 saturated carbocycles. The molecule has 0 atom stereocenters. The molecule has 0 unspecified atom stereocenters. The third-order valence-electron chi connectivity index (χ3n) is 11.0. The normalized spacial score (nSPS) is 12.3. The molecule has 0 fully saturated rings. The maximum atomic E-state index is 7.94. The second kappa shape index (κ2) is 14.2. The van der Waals surface area contributed by atoms with E-state index in [1.807, 2.05) is 48.5 Å². The first kappa shape index (κ1) is 33.8. The number of hydrogen-bond donors (Lipinski definition) is 0. The average molecular weight is 727 g/mol. The minimum Gasteiger partial charge on any atom is -0.238 e. The molecule has 10 rings (SSSR count). The van der Waals surface area contributed by atoms with Gasteiger partial charge < -0.3 is 0 Å². The molecular weight excluding hydrogens is 693 g/mol. The lowest BCUT2D eigenvalue weighted by atomic mass is 9.67. The van der Waals surface area contributed by atoms with Crippen molar-refractivity contribution in [1.29, 1.82) is 0 Å². The number of hydrogen-bond acceptors (Lipinski definition) is 3. The van der Waals surface area contributed by atoms with Gasteiger partial charge in [0.25, 0.3) is 0 Å². The molecule has 1 aromatic heterocycles. The van der Waals surface area contributed by atoms with Crippen molar-refractivity contribution < 1.29 is 0 Å². The van der Waals surface area contributed by atoms with Gasteiger partial charge in [0.1, 0.15) is 0 Å². The molecule has 1 aliphatic rings. The van der Waals surface area contributed by atoms with Gasteiger partial charge in [0, 0.05) is 16.7 Å². The molecule has 0 N–H and O–H groups in total. The molecule has 0 bridgehead atoms. The highest BCUT2D eigenvalue weighted by Gasteiger charge is 2.46. The molecule has 0 spiro atoms. The topological polar surface area (TPSA) is 43.0 Å². The summed E-state index contributed by atoms with van der Waals surface area (Å²) in [4.78, 5) is 19.3. The van der Waals surface area contributed by atoms with Gasteiger partial charge in [0.15, 0.2) is 23.2 Å². The molecule has 0 radical (unpaired) electrons. The van der Waals surface area contributed by atoms with Gasteiger partial charge in [-0.2, -0.15) is 0 Å². The Morgan fingerprint density at radius 2 is 0.825 bits per heavy atom. The van der Waals surface area contributed by atoms with E-state index in [1.165, 1.54) is 22.3 Å². The van der Waals surface area contributed by atoms with Crippen LogP contribution in [0.1, 0.15) is 22.3 Å². The van der Waals surface area contributed by atoms with Crippen LogP contribution in [0.3, 0.4) is 0 Å². The van der Waals surface area contributed by atoms with E-state index in [-0.39, 0.29) is 0 Å². The Kier molecular flexibility index (Phi) is 8.39. The number of rotatable bonds is 7. The highest BCUT2D eigenvalue weighted by molar-refractivity contribution is 5.92. The highest BCUT2D eigenvalue weighted by atomic mass is 15.0. The fourth-order valence-electron chi connectivity index (χ4n) is 8.46. The molecule has 266 valence electrons. The highest BCUT2D eigenvalue weighted by Crippen LogP contribution is 2.57. The van der Waals surface area contributed by atoms with Crippen LogP contribution in [0.5, 0.6) is 0 Å². The molecule has 4 heteroatoms. The zero-order chi connectivity index (χ0) is 38.2. The molecular formula is C53H34N4.